The van der Waals surface area contributed by atoms with Crippen molar-refractivity contribution in [3.05, 3.63) is 17.0 Å². The first-order valence-electron chi connectivity index (χ1n) is 10.1. The van der Waals surface area contributed by atoms with Crippen molar-refractivity contribution in [3.8, 4) is 0 Å². The number of aromatic nitrogens is 2. The molecule has 1 atom stereocenters. The number of likely N-dealkylation sites (N-methyl/N-ethyl adjacent to an activating group) is 2. The lowest BCUT2D eigenvalue weighted by Crippen LogP contribution is -2.37. The fraction of sp³-hybridized carbons (Fsp3) is 0.842. The van der Waals surface area contributed by atoms with E-state index in [4.69, 9.17) is 5.10 Å². The van der Waals surface area contributed by atoms with E-state index in [1.54, 1.807) is 6.92 Å². The van der Waals surface area contributed by atoms with Crippen LogP contribution in [0.1, 0.15) is 61.9 Å². The van der Waals surface area contributed by atoms with Gasteiger partial charge in [0.2, 0.25) is 0 Å². The molecule has 2 aliphatic rings. The van der Waals surface area contributed by atoms with E-state index < -0.39 is 9.84 Å². The smallest absolute Gasteiger partial charge is 0.152 e. The molecule has 1 aliphatic heterocycles. The van der Waals surface area contributed by atoms with E-state index >= 15 is 0 Å². The average Bonchev–Trinajstić information content (AvgIpc) is 3.22. The molecule has 148 valence electrons. The van der Waals surface area contributed by atoms with Crippen molar-refractivity contribution >= 4 is 9.84 Å². The third-order valence-electron chi connectivity index (χ3n) is 6.25. The van der Waals surface area contributed by atoms with Crippen LogP contribution in [0.2, 0.25) is 0 Å². The van der Waals surface area contributed by atoms with E-state index in [1.165, 1.54) is 23.4 Å². The summed E-state index contributed by atoms with van der Waals surface area (Å²) in [6.45, 7) is 3.71. The SMILES string of the molecule is CCS(=O)(=O)C1CCC(c2c(CC(CNC)NC)nn3c2CCC3)CC1. The molecule has 2 N–H and O–H groups in total. The molecular weight excluding hydrogens is 348 g/mol. The Morgan fingerprint density at radius 3 is 2.58 bits per heavy atom. The number of hydrogen-bond donors (Lipinski definition) is 2. The number of sulfone groups is 1. The number of aryl methyl sites for hydroxylation is 1. The first kappa shape index (κ1) is 19.8. The summed E-state index contributed by atoms with van der Waals surface area (Å²) in [4.78, 5) is 0. The molecule has 1 aromatic heterocycles. The lowest BCUT2D eigenvalue weighted by molar-refractivity contribution is 0.430. The van der Waals surface area contributed by atoms with Crippen LogP contribution in [-0.4, -0.2) is 55.9 Å². The van der Waals surface area contributed by atoms with Gasteiger partial charge in [0.05, 0.1) is 10.9 Å². The summed E-state index contributed by atoms with van der Waals surface area (Å²) < 4.78 is 26.7. The van der Waals surface area contributed by atoms with Crippen LogP contribution in [0, 0.1) is 0 Å². The quantitative estimate of drug-likeness (QED) is 0.715. The number of rotatable bonds is 8. The minimum Gasteiger partial charge on any atom is -0.318 e. The van der Waals surface area contributed by atoms with Crippen molar-refractivity contribution in [2.24, 2.45) is 0 Å². The number of nitrogens with zero attached hydrogens (tertiary/aromatic N) is 2. The molecule has 7 heteroatoms. The first-order chi connectivity index (χ1) is 12.5. The summed E-state index contributed by atoms with van der Waals surface area (Å²) in [6.07, 6.45) is 6.79. The van der Waals surface area contributed by atoms with E-state index in [2.05, 4.69) is 15.3 Å². The van der Waals surface area contributed by atoms with Gasteiger partial charge in [-0.25, -0.2) is 8.42 Å². The van der Waals surface area contributed by atoms with E-state index in [0.717, 1.165) is 51.6 Å². The Bertz CT molecular complexity index is 705. The Morgan fingerprint density at radius 1 is 1.23 bits per heavy atom. The van der Waals surface area contributed by atoms with Crippen LogP contribution in [0.3, 0.4) is 0 Å². The molecule has 1 saturated carbocycles. The van der Waals surface area contributed by atoms with Gasteiger partial charge >= 0.3 is 0 Å². The Morgan fingerprint density at radius 2 is 1.96 bits per heavy atom. The predicted octanol–water partition coefficient (Wildman–Crippen LogP) is 1.64. The summed E-state index contributed by atoms with van der Waals surface area (Å²) in [6, 6.07) is 0.367. The molecule has 3 rings (SSSR count). The highest BCUT2D eigenvalue weighted by molar-refractivity contribution is 7.92. The third-order valence-corrected chi connectivity index (χ3v) is 8.54. The van der Waals surface area contributed by atoms with Gasteiger partial charge in [0.1, 0.15) is 0 Å². The maximum Gasteiger partial charge on any atom is 0.152 e. The molecule has 0 spiro atoms. The molecule has 1 aromatic rings. The minimum atomic E-state index is -2.90. The van der Waals surface area contributed by atoms with Crippen molar-refractivity contribution in [2.45, 2.75) is 75.6 Å². The van der Waals surface area contributed by atoms with E-state index in [-0.39, 0.29) is 11.0 Å². The van der Waals surface area contributed by atoms with Crippen molar-refractivity contribution in [3.63, 3.8) is 0 Å². The monoisotopic (exact) mass is 382 g/mol. The minimum absolute atomic E-state index is 0.134. The fourth-order valence-electron chi connectivity index (χ4n) is 4.73. The molecule has 0 saturated heterocycles. The normalized spacial score (nSPS) is 24.6. The summed E-state index contributed by atoms with van der Waals surface area (Å²) in [5, 5.41) is 11.5. The van der Waals surface area contributed by atoms with Gasteiger partial charge in [0, 0.05) is 37.0 Å². The molecule has 1 unspecified atom stereocenters. The lowest BCUT2D eigenvalue weighted by atomic mass is 9.81. The molecule has 0 radical (unpaired) electrons. The second kappa shape index (κ2) is 8.40. The summed E-state index contributed by atoms with van der Waals surface area (Å²) >= 11 is 0. The zero-order valence-electron chi connectivity index (χ0n) is 16.4. The number of nitrogens with one attached hydrogen (secondary N) is 2. The molecule has 2 heterocycles. The van der Waals surface area contributed by atoms with Crippen molar-refractivity contribution < 1.29 is 8.42 Å². The second-order valence-corrected chi connectivity index (χ2v) is 10.4. The van der Waals surface area contributed by atoms with Crippen molar-refractivity contribution in [1.82, 2.24) is 20.4 Å². The fourth-order valence-corrected chi connectivity index (χ4v) is 6.20. The molecule has 0 bridgehead atoms. The standard InChI is InChI=1S/C19H34N4O2S/c1-4-26(24,25)16-9-7-14(8-10-16)19-17(12-15(21-3)13-20-2)22-23-11-5-6-18(19)23/h14-16,20-21H,4-13H2,1-3H3. The van der Waals surface area contributed by atoms with Gasteiger partial charge in [-0.3, -0.25) is 4.68 Å². The Labute approximate surface area is 158 Å². The van der Waals surface area contributed by atoms with Crippen LogP contribution in [0.15, 0.2) is 0 Å². The van der Waals surface area contributed by atoms with Crippen molar-refractivity contribution in [1.29, 1.82) is 0 Å². The van der Waals surface area contributed by atoms with Gasteiger partial charge in [-0.05, 0) is 64.1 Å². The maximum absolute atomic E-state index is 12.2. The molecule has 1 aliphatic carbocycles. The Kier molecular flexibility index (Phi) is 6.41. The Balaban J connectivity index is 1.79. The van der Waals surface area contributed by atoms with E-state index in [1.807, 2.05) is 14.1 Å². The molecular formula is C19H34N4O2S. The van der Waals surface area contributed by atoms with E-state index in [0.29, 0.717) is 12.0 Å². The van der Waals surface area contributed by atoms with Crippen LogP contribution < -0.4 is 10.6 Å². The molecule has 0 aromatic carbocycles. The van der Waals surface area contributed by atoms with Crippen LogP contribution in [0.5, 0.6) is 0 Å². The topological polar surface area (TPSA) is 76.0 Å². The maximum atomic E-state index is 12.2. The summed E-state index contributed by atoms with van der Waals surface area (Å²) in [5.74, 6) is 0.743. The zero-order chi connectivity index (χ0) is 18.7. The second-order valence-electron chi connectivity index (χ2n) is 7.81. The molecule has 1 fully saturated rings. The lowest BCUT2D eigenvalue weighted by Gasteiger charge is -2.29. The van der Waals surface area contributed by atoms with Gasteiger partial charge in [-0.15, -0.1) is 0 Å². The van der Waals surface area contributed by atoms with Crippen LogP contribution in [0.25, 0.3) is 0 Å². The largest absolute Gasteiger partial charge is 0.318 e. The van der Waals surface area contributed by atoms with Gasteiger partial charge in [-0.1, -0.05) is 6.92 Å². The molecule has 6 nitrogen and oxygen atoms in total. The van der Waals surface area contributed by atoms with Gasteiger partial charge in [-0.2, -0.15) is 5.10 Å². The highest BCUT2D eigenvalue weighted by atomic mass is 32.2. The zero-order valence-corrected chi connectivity index (χ0v) is 17.2. The summed E-state index contributed by atoms with van der Waals surface area (Å²) in [5.41, 5.74) is 4.10. The number of fused-ring (bicyclic) bond motifs is 1. The highest BCUT2D eigenvalue weighted by Gasteiger charge is 2.34. The highest BCUT2D eigenvalue weighted by Crippen LogP contribution is 2.40. The summed E-state index contributed by atoms with van der Waals surface area (Å²) in [7, 11) is 1.08. The van der Waals surface area contributed by atoms with Gasteiger partial charge < -0.3 is 10.6 Å². The first-order valence-corrected chi connectivity index (χ1v) is 11.8. The predicted molar refractivity (Wildman–Crippen MR) is 105 cm³/mol. The van der Waals surface area contributed by atoms with Gasteiger partial charge in [0.25, 0.3) is 0 Å². The van der Waals surface area contributed by atoms with Crippen LogP contribution >= 0.6 is 0 Å². The van der Waals surface area contributed by atoms with Gasteiger partial charge in [0.15, 0.2) is 9.84 Å². The molecule has 0 amide bonds. The Hall–Kier alpha value is -0.920. The third kappa shape index (κ3) is 3.99. The van der Waals surface area contributed by atoms with Crippen molar-refractivity contribution in [2.75, 3.05) is 26.4 Å². The average molecular weight is 383 g/mol. The van der Waals surface area contributed by atoms with Crippen LogP contribution in [-0.2, 0) is 29.2 Å². The number of hydrogen-bond acceptors (Lipinski definition) is 5. The van der Waals surface area contributed by atoms with Crippen LogP contribution in [0.4, 0.5) is 0 Å². The molecule has 26 heavy (non-hydrogen) atoms. The van der Waals surface area contributed by atoms with E-state index in [9.17, 15) is 8.42 Å².